The standard InChI is InChI=1S/C10H7NOS/c12-6-2-4-9-3-1-5-10(7-9)11-8-13/h1-7H. The van der Waals surface area contributed by atoms with Gasteiger partial charge >= 0.3 is 0 Å². The Morgan fingerprint density at radius 2 is 2.31 bits per heavy atom. The molecule has 1 aromatic carbocycles. The quantitative estimate of drug-likeness (QED) is 0.316. The number of nitrogens with zero attached hydrogens (tertiary/aromatic N) is 1. The lowest BCUT2D eigenvalue weighted by Crippen LogP contribution is -1.71. The van der Waals surface area contributed by atoms with Crippen LogP contribution in [0.4, 0.5) is 5.69 Å². The summed E-state index contributed by atoms with van der Waals surface area (Å²) in [5.41, 5.74) is 1.65. The highest BCUT2D eigenvalue weighted by molar-refractivity contribution is 7.78. The third kappa shape index (κ3) is 3.11. The van der Waals surface area contributed by atoms with Gasteiger partial charge in [-0.2, -0.15) is 4.99 Å². The van der Waals surface area contributed by atoms with E-state index in [1.54, 1.807) is 6.08 Å². The molecule has 0 spiro atoms. The highest BCUT2D eigenvalue weighted by Crippen LogP contribution is 2.14. The van der Waals surface area contributed by atoms with Crippen molar-refractivity contribution in [3.8, 4) is 0 Å². The lowest BCUT2D eigenvalue weighted by atomic mass is 10.2. The number of aliphatic imine (C=N–C) groups is 1. The molecule has 0 atom stereocenters. The summed E-state index contributed by atoms with van der Waals surface area (Å²) in [6, 6.07) is 7.36. The molecular formula is C10H7NOS. The molecule has 1 aromatic rings. The van der Waals surface area contributed by atoms with E-state index in [9.17, 15) is 4.79 Å². The number of hydrogen-bond acceptors (Lipinski definition) is 3. The molecule has 0 bridgehead atoms. The van der Waals surface area contributed by atoms with Gasteiger partial charge in [-0.05, 0) is 36.0 Å². The van der Waals surface area contributed by atoms with Gasteiger partial charge in [-0.3, -0.25) is 4.79 Å². The van der Waals surface area contributed by atoms with E-state index in [1.165, 1.54) is 6.08 Å². The van der Waals surface area contributed by atoms with Crippen molar-refractivity contribution in [2.45, 2.75) is 0 Å². The minimum atomic E-state index is 0.731. The normalized spacial score (nSPS) is 9.54. The van der Waals surface area contributed by atoms with Crippen LogP contribution in [0, 0.1) is 0 Å². The van der Waals surface area contributed by atoms with Crippen molar-refractivity contribution in [1.82, 2.24) is 0 Å². The monoisotopic (exact) mass is 189 g/mol. The van der Waals surface area contributed by atoms with E-state index in [-0.39, 0.29) is 0 Å². The zero-order chi connectivity index (χ0) is 9.52. The fourth-order valence-corrected chi connectivity index (χ4v) is 1.01. The van der Waals surface area contributed by atoms with Gasteiger partial charge < -0.3 is 0 Å². The number of carbonyl (C=O) groups is 1. The van der Waals surface area contributed by atoms with E-state index in [0.717, 1.165) is 17.5 Å². The molecule has 0 radical (unpaired) electrons. The van der Waals surface area contributed by atoms with Crippen molar-refractivity contribution in [2.24, 2.45) is 4.99 Å². The zero-order valence-electron chi connectivity index (χ0n) is 6.81. The first kappa shape index (κ1) is 9.52. The first-order valence-electron chi connectivity index (χ1n) is 3.66. The highest BCUT2D eigenvalue weighted by atomic mass is 32.1. The van der Waals surface area contributed by atoms with Gasteiger partial charge in [0.1, 0.15) is 6.29 Å². The summed E-state index contributed by atoms with van der Waals surface area (Å²) in [7, 11) is 0. The van der Waals surface area contributed by atoms with Crippen LogP contribution < -0.4 is 0 Å². The van der Waals surface area contributed by atoms with E-state index in [4.69, 9.17) is 0 Å². The molecule has 2 nitrogen and oxygen atoms in total. The van der Waals surface area contributed by atoms with Crippen LogP contribution in [-0.2, 0) is 4.79 Å². The van der Waals surface area contributed by atoms with Crippen molar-refractivity contribution in [1.29, 1.82) is 0 Å². The van der Waals surface area contributed by atoms with Crippen LogP contribution >= 0.6 is 12.2 Å². The number of thiocarbonyl (C=S) groups is 1. The molecule has 1 rings (SSSR count). The second-order valence-electron chi connectivity index (χ2n) is 2.29. The summed E-state index contributed by atoms with van der Waals surface area (Å²) in [5.74, 6) is 0. The van der Waals surface area contributed by atoms with Gasteiger partial charge in [0.15, 0.2) is 0 Å². The van der Waals surface area contributed by atoms with Gasteiger partial charge in [0.2, 0.25) is 0 Å². The van der Waals surface area contributed by atoms with Crippen LogP contribution in [0.1, 0.15) is 5.56 Å². The molecule has 0 aliphatic carbocycles. The number of allylic oxidation sites excluding steroid dienone is 1. The second-order valence-corrected chi connectivity index (χ2v) is 2.48. The predicted molar refractivity (Wildman–Crippen MR) is 56.2 cm³/mol. The van der Waals surface area contributed by atoms with Crippen LogP contribution in [-0.4, -0.2) is 11.4 Å². The third-order valence-corrected chi connectivity index (χ3v) is 1.50. The van der Waals surface area contributed by atoms with E-state index >= 15 is 0 Å². The molecule has 0 saturated heterocycles. The van der Waals surface area contributed by atoms with Crippen molar-refractivity contribution >= 4 is 35.4 Å². The van der Waals surface area contributed by atoms with Gasteiger partial charge in [0.25, 0.3) is 0 Å². The molecule has 0 aromatic heterocycles. The fraction of sp³-hybridized carbons (Fsp3) is 0. The van der Waals surface area contributed by atoms with Crippen LogP contribution in [0.5, 0.6) is 0 Å². The molecule has 3 heteroatoms. The SMILES string of the molecule is O=CC=Cc1cccc(N=C=S)c1. The highest BCUT2D eigenvalue weighted by Gasteiger charge is 1.88. The van der Waals surface area contributed by atoms with Crippen LogP contribution in [0.15, 0.2) is 35.3 Å². The second kappa shape index (κ2) is 5.14. The number of aldehydes is 1. The van der Waals surface area contributed by atoms with E-state index < -0.39 is 0 Å². The third-order valence-electron chi connectivity index (χ3n) is 1.41. The van der Waals surface area contributed by atoms with Crippen molar-refractivity contribution in [3.63, 3.8) is 0 Å². The predicted octanol–water partition coefficient (Wildman–Crippen LogP) is 2.63. The Bertz CT molecular complexity index is 378. The molecule has 0 aliphatic heterocycles. The van der Waals surface area contributed by atoms with Crippen LogP contribution in [0.3, 0.4) is 0 Å². The summed E-state index contributed by atoms with van der Waals surface area (Å²) in [6.07, 6.45) is 3.87. The van der Waals surface area contributed by atoms with Crippen molar-refractivity contribution in [3.05, 3.63) is 35.9 Å². The Kier molecular flexibility index (Phi) is 3.76. The Morgan fingerprint density at radius 1 is 1.46 bits per heavy atom. The average Bonchev–Trinajstić information content (AvgIpc) is 2.16. The summed E-state index contributed by atoms with van der Waals surface area (Å²) in [6.45, 7) is 0. The summed E-state index contributed by atoms with van der Waals surface area (Å²) >= 11 is 4.47. The summed E-state index contributed by atoms with van der Waals surface area (Å²) in [4.78, 5) is 13.9. The molecule has 0 amide bonds. The maximum atomic E-state index is 10.0. The first-order chi connectivity index (χ1) is 6.36. The van der Waals surface area contributed by atoms with Gasteiger partial charge in [0.05, 0.1) is 10.8 Å². The van der Waals surface area contributed by atoms with Gasteiger partial charge in [0, 0.05) is 0 Å². The van der Waals surface area contributed by atoms with Gasteiger partial charge in [-0.15, -0.1) is 0 Å². The maximum absolute atomic E-state index is 10.0. The molecular weight excluding hydrogens is 182 g/mol. The van der Waals surface area contributed by atoms with Crippen LogP contribution in [0.2, 0.25) is 0 Å². The smallest absolute Gasteiger partial charge is 0.142 e. The molecule has 0 fully saturated rings. The molecule has 13 heavy (non-hydrogen) atoms. The fourth-order valence-electron chi connectivity index (χ4n) is 0.901. The Hall–Kier alpha value is -1.57. The topological polar surface area (TPSA) is 29.4 Å². The minimum Gasteiger partial charge on any atom is -0.299 e. The first-order valence-corrected chi connectivity index (χ1v) is 4.07. The average molecular weight is 189 g/mol. The maximum Gasteiger partial charge on any atom is 0.142 e. The van der Waals surface area contributed by atoms with Crippen molar-refractivity contribution in [2.75, 3.05) is 0 Å². The molecule has 0 N–H and O–H groups in total. The molecule has 0 saturated carbocycles. The minimum absolute atomic E-state index is 0.731. The number of carbonyl (C=O) groups excluding carboxylic acids is 1. The van der Waals surface area contributed by atoms with Gasteiger partial charge in [-0.25, -0.2) is 0 Å². The van der Waals surface area contributed by atoms with E-state index in [0.29, 0.717) is 0 Å². The summed E-state index contributed by atoms with van der Waals surface area (Å²) in [5, 5.41) is 2.28. The summed E-state index contributed by atoms with van der Waals surface area (Å²) < 4.78 is 0. The van der Waals surface area contributed by atoms with Crippen LogP contribution in [0.25, 0.3) is 6.08 Å². The Labute approximate surface area is 81.6 Å². The lowest BCUT2D eigenvalue weighted by Gasteiger charge is -1.93. The van der Waals surface area contributed by atoms with E-state index in [2.05, 4.69) is 22.4 Å². The number of benzene rings is 1. The lowest BCUT2D eigenvalue weighted by molar-refractivity contribution is -0.104. The zero-order valence-corrected chi connectivity index (χ0v) is 7.62. The molecule has 0 unspecified atom stereocenters. The molecule has 0 heterocycles. The number of rotatable bonds is 3. The Balaban J connectivity index is 2.97. The largest absolute Gasteiger partial charge is 0.299 e. The van der Waals surface area contributed by atoms with Crippen molar-refractivity contribution < 1.29 is 4.79 Å². The Morgan fingerprint density at radius 3 is 3.00 bits per heavy atom. The number of hydrogen-bond donors (Lipinski definition) is 0. The van der Waals surface area contributed by atoms with E-state index in [1.807, 2.05) is 24.3 Å². The van der Waals surface area contributed by atoms with Gasteiger partial charge in [-0.1, -0.05) is 18.2 Å². The number of isothiocyanates is 1. The molecule has 64 valence electrons. The molecule has 0 aliphatic rings.